The van der Waals surface area contributed by atoms with Crippen LogP contribution in [0.4, 0.5) is 4.79 Å². The molecule has 0 saturated carbocycles. The average molecular weight is 309 g/mol. The zero-order chi connectivity index (χ0) is 16.0. The van der Waals surface area contributed by atoms with Gasteiger partial charge in [-0.25, -0.2) is 4.79 Å². The standard InChI is InChI=1S/C11H22O3.C7H9N/c1-3-5-7-9-13-11(12)14-10-8-6-4-2;1-3-7-4-2-6(1)5-8-7/h3-10H2,1-2H3;1,5,7H,2-4H2. The predicted octanol–water partition coefficient (Wildman–Crippen LogP) is 5.07. The third-order valence-electron chi connectivity index (χ3n) is 3.81. The molecule has 0 spiro atoms. The second-order valence-corrected chi connectivity index (χ2v) is 5.85. The lowest BCUT2D eigenvalue weighted by atomic mass is 9.93. The summed E-state index contributed by atoms with van der Waals surface area (Å²) in [6.45, 7) is 5.20. The number of allylic oxidation sites excluding steroid dienone is 1. The number of unbranched alkanes of at least 4 members (excludes halogenated alkanes) is 4. The number of nitrogens with zero attached hydrogens (tertiary/aromatic N) is 1. The Balaban J connectivity index is 0.000000249. The summed E-state index contributed by atoms with van der Waals surface area (Å²) in [5.41, 5.74) is 1.45. The first kappa shape index (κ1) is 18.7. The summed E-state index contributed by atoms with van der Waals surface area (Å²) in [5, 5.41) is 0. The normalized spacial score (nSPS) is 18.3. The average Bonchev–Trinajstić information content (AvgIpc) is 2.58. The van der Waals surface area contributed by atoms with E-state index in [0.717, 1.165) is 38.5 Å². The monoisotopic (exact) mass is 309 g/mol. The molecular weight excluding hydrogens is 278 g/mol. The van der Waals surface area contributed by atoms with Crippen LogP contribution in [0.15, 0.2) is 16.6 Å². The van der Waals surface area contributed by atoms with E-state index in [4.69, 9.17) is 9.47 Å². The van der Waals surface area contributed by atoms with E-state index in [1.165, 1.54) is 24.8 Å². The fourth-order valence-corrected chi connectivity index (χ4v) is 2.35. The first-order valence-electron chi connectivity index (χ1n) is 8.78. The molecule has 1 aliphatic carbocycles. The van der Waals surface area contributed by atoms with Crippen molar-refractivity contribution in [3.05, 3.63) is 11.6 Å². The molecule has 0 aromatic carbocycles. The number of ether oxygens (including phenoxy) is 2. The molecule has 0 amide bonds. The summed E-state index contributed by atoms with van der Waals surface area (Å²) >= 11 is 0. The van der Waals surface area contributed by atoms with Gasteiger partial charge in [0.15, 0.2) is 0 Å². The van der Waals surface area contributed by atoms with E-state index in [1.54, 1.807) is 0 Å². The minimum absolute atomic E-state index is 0.487. The second-order valence-electron chi connectivity index (χ2n) is 5.85. The molecule has 0 radical (unpaired) electrons. The highest BCUT2D eigenvalue weighted by Gasteiger charge is 2.15. The number of aliphatic imine (C=N–C) groups is 1. The molecule has 4 nitrogen and oxygen atoms in total. The molecule has 2 bridgehead atoms. The summed E-state index contributed by atoms with van der Waals surface area (Å²) in [4.78, 5) is 15.2. The van der Waals surface area contributed by atoms with Crippen LogP contribution in [0.3, 0.4) is 0 Å². The third kappa shape index (κ3) is 8.85. The number of rotatable bonds is 8. The van der Waals surface area contributed by atoms with Crippen molar-refractivity contribution >= 4 is 12.4 Å². The molecule has 3 aliphatic rings. The Morgan fingerprint density at radius 1 is 1.14 bits per heavy atom. The summed E-state index contributed by atoms with van der Waals surface area (Å²) in [5.74, 6) is 0. The Labute approximate surface area is 135 Å². The van der Waals surface area contributed by atoms with Crippen LogP contribution in [0.25, 0.3) is 0 Å². The lowest BCUT2D eigenvalue weighted by Gasteiger charge is -2.21. The number of hydrogen-bond acceptors (Lipinski definition) is 4. The van der Waals surface area contributed by atoms with Gasteiger partial charge in [-0.2, -0.15) is 0 Å². The molecule has 4 heteroatoms. The van der Waals surface area contributed by atoms with E-state index in [0.29, 0.717) is 19.3 Å². The number of fused-ring (bicyclic) bond motifs is 2. The Hall–Kier alpha value is -1.32. The molecule has 0 aromatic heterocycles. The van der Waals surface area contributed by atoms with Gasteiger partial charge in [0, 0.05) is 6.21 Å². The van der Waals surface area contributed by atoms with Crippen molar-refractivity contribution in [1.29, 1.82) is 0 Å². The molecule has 0 N–H and O–H groups in total. The summed E-state index contributed by atoms with van der Waals surface area (Å²) in [7, 11) is 0. The first-order chi connectivity index (χ1) is 10.8. The van der Waals surface area contributed by atoms with Gasteiger partial charge in [0.2, 0.25) is 0 Å². The molecule has 2 aliphatic heterocycles. The minimum atomic E-state index is -0.516. The molecule has 126 valence electrons. The zero-order valence-electron chi connectivity index (χ0n) is 14.2. The molecule has 0 saturated heterocycles. The number of carbonyl (C=O) groups is 1. The van der Waals surface area contributed by atoms with Crippen molar-refractivity contribution in [3.63, 3.8) is 0 Å². The van der Waals surface area contributed by atoms with Gasteiger partial charge in [0.1, 0.15) is 0 Å². The predicted molar refractivity (Wildman–Crippen MR) is 90.6 cm³/mol. The summed E-state index contributed by atoms with van der Waals surface area (Å²) < 4.78 is 9.73. The first-order valence-corrected chi connectivity index (χ1v) is 8.78. The topological polar surface area (TPSA) is 47.9 Å². The molecule has 0 aromatic rings. The van der Waals surface area contributed by atoms with Crippen molar-refractivity contribution in [1.82, 2.24) is 0 Å². The van der Waals surface area contributed by atoms with Crippen LogP contribution in [0.1, 0.15) is 71.6 Å². The van der Waals surface area contributed by atoms with E-state index in [9.17, 15) is 4.79 Å². The van der Waals surface area contributed by atoms with Crippen molar-refractivity contribution in [2.24, 2.45) is 4.99 Å². The highest BCUT2D eigenvalue weighted by atomic mass is 16.7. The van der Waals surface area contributed by atoms with Gasteiger partial charge in [-0.3, -0.25) is 4.99 Å². The van der Waals surface area contributed by atoms with E-state index in [1.807, 2.05) is 6.21 Å². The summed E-state index contributed by atoms with van der Waals surface area (Å²) in [6, 6.07) is 0.646. The molecule has 3 rings (SSSR count). The maximum atomic E-state index is 10.9. The maximum absolute atomic E-state index is 10.9. The smallest absolute Gasteiger partial charge is 0.434 e. The van der Waals surface area contributed by atoms with Gasteiger partial charge in [-0.1, -0.05) is 45.6 Å². The van der Waals surface area contributed by atoms with Crippen LogP contribution in [0.2, 0.25) is 0 Å². The molecule has 1 unspecified atom stereocenters. The van der Waals surface area contributed by atoms with E-state index in [2.05, 4.69) is 24.9 Å². The molecule has 0 fully saturated rings. The van der Waals surface area contributed by atoms with Crippen molar-refractivity contribution in [2.75, 3.05) is 13.2 Å². The van der Waals surface area contributed by atoms with E-state index < -0.39 is 6.16 Å². The van der Waals surface area contributed by atoms with Crippen LogP contribution in [0, 0.1) is 0 Å². The lowest BCUT2D eigenvalue weighted by molar-refractivity contribution is 0.0530. The Morgan fingerprint density at radius 3 is 2.05 bits per heavy atom. The quantitative estimate of drug-likeness (QED) is 0.464. The second kappa shape index (κ2) is 12.2. The van der Waals surface area contributed by atoms with Gasteiger partial charge in [-0.15, -0.1) is 0 Å². The van der Waals surface area contributed by atoms with Crippen LogP contribution in [0.5, 0.6) is 0 Å². The van der Waals surface area contributed by atoms with Gasteiger partial charge in [0.25, 0.3) is 0 Å². The zero-order valence-corrected chi connectivity index (χ0v) is 14.2. The van der Waals surface area contributed by atoms with E-state index in [-0.39, 0.29) is 0 Å². The van der Waals surface area contributed by atoms with Crippen molar-refractivity contribution in [3.8, 4) is 0 Å². The van der Waals surface area contributed by atoms with E-state index >= 15 is 0 Å². The van der Waals surface area contributed by atoms with Crippen LogP contribution >= 0.6 is 0 Å². The van der Waals surface area contributed by atoms with Crippen molar-refractivity contribution < 1.29 is 14.3 Å². The van der Waals surface area contributed by atoms with Gasteiger partial charge in [0.05, 0.1) is 19.3 Å². The van der Waals surface area contributed by atoms with Gasteiger partial charge < -0.3 is 9.47 Å². The molecular formula is C18H31NO3. The third-order valence-corrected chi connectivity index (χ3v) is 3.81. The minimum Gasteiger partial charge on any atom is -0.434 e. The number of carbonyl (C=O) groups excluding carboxylic acids is 1. The van der Waals surface area contributed by atoms with Crippen LogP contribution < -0.4 is 0 Å². The number of dihydropyridines is 1. The highest BCUT2D eigenvalue weighted by Crippen LogP contribution is 2.23. The van der Waals surface area contributed by atoms with Gasteiger partial charge >= 0.3 is 6.16 Å². The Morgan fingerprint density at radius 2 is 1.77 bits per heavy atom. The van der Waals surface area contributed by atoms with Crippen molar-refractivity contribution in [2.45, 2.75) is 77.7 Å². The number of hydrogen-bond donors (Lipinski definition) is 0. The fraction of sp³-hybridized carbons (Fsp3) is 0.778. The summed E-state index contributed by atoms with van der Waals surface area (Å²) in [6.07, 6.45) is 13.9. The fourth-order valence-electron chi connectivity index (χ4n) is 2.35. The molecule has 1 atom stereocenters. The Bertz CT molecular complexity index is 349. The molecule has 2 heterocycles. The maximum Gasteiger partial charge on any atom is 0.508 e. The highest BCUT2D eigenvalue weighted by molar-refractivity contribution is 5.80. The molecule has 22 heavy (non-hydrogen) atoms. The van der Waals surface area contributed by atoms with Gasteiger partial charge in [-0.05, 0) is 37.7 Å². The Kier molecular flexibility index (Phi) is 10.4. The van der Waals surface area contributed by atoms with Crippen LogP contribution in [-0.2, 0) is 9.47 Å². The van der Waals surface area contributed by atoms with Crippen LogP contribution in [-0.4, -0.2) is 31.6 Å². The lowest BCUT2D eigenvalue weighted by Crippen LogP contribution is -2.15. The SMILES string of the molecule is C1=NC2CC=C1CC2.CCCCCOC(=O)OCCCCC. The largest absolute Gasteiger partial charge is 0.508 e.